The Balaban J connectivity index is 3.78. The summed E-state index contributed by atoms with van der Waals surface area (Å²) in [6.07, 6.45) is 6.90. The molecule has 14 heavy (non-hydrogen) atoms. The van der Waals surface area contributed by atoms with Gasteiger partial charge in [0.05, 0.1) is 6.61 Å². The van der Waals surface area contributed by atoms with Gasteiger partial charge in [-0.05, 0) is 43.7 Å². The van der Waals surface area contributed by atoms with Crippen molar-refractivity contribution in [1.29, 1.82) is 0 Å². The van der Waals surface area contributed by atoms with Gasteiger partial charge in [-0.15, -0.1) is 0 Å². The first-order valence-electron chi connectivity index (χ1n) is 5.57. The molecule has 0 amide bonds. The molecule has 0 bridgehead atoms. The summed E-state index contributed by atoms with van der Waals surface area (Å²) < 4.78 is 5.15. The quantitative estimate of drug-likeness (QED) is 0.610. The molecule has 0 aliphatic carbocycles. The molecular formula is C12H25NO. The second-order valence-electron chi connectivity index (χ2n) is 4.16. The predicted octanol–water partition coefficient (Wildman–Crippen LogP) is 2.73. The number of allylic oxidation sites excluding steroid dienone is 1. The third kappa shape index (κ3) is 8.27. The minimum absolute atomic E-state index is 0.762. The van der Waals surface area contributed by atoms with Crippen LogP contribution in [0.1, 0.15) is 39.5 Å². The van der Waals surface area contributed by atoms with Gasteiger partial charge < -0.3 is 10.5 Å². The third-order valence-corrected chi connectivity index (χ3v) is 2.21. The Morgan fingerprint density at radius 1 is 1.43 bits per heavy atom. The van der Waals surface area contributed by atoms with Gasteiger partial charge in [0.2, 0.25) is 0 Å². The van der Waals surface area contributed by atoms with Crippen LogP contribution in [0.2, 0.25) is 0 Å². The van der Waals surface area contributed by atoms with Crippen LogP contribution in [0.5, 0.6) is 0 Å². The minimum atomic E-state index is 0.762. The van der Waals surface area contributed by atoms with Crippen LogP contribution in [0, 0.1) is 5.92 Å². The summed E-state index contributed by atoms with van der Waals surface area (Å²) >= 11 is 0. The fourth-order valence-electron chi connectivity index (χ4n) is 1.37. The van der Waals surface area contributed by atoms with Gasteiger partial charge in [0.25, 0.3) is 0 Å². The van der Waals surface area contributed by atoms with Gasteiger partial charge in [0.1, 0.15) is 0 Å². The van der Waals surface area contributed by atoms with Gasteiger partial charge in [-0.1, -0.05) is 19.9 Å². The van der Waals surface area contributed by atoms with E-state index >= 15 is 0 Å². The van der Waals surface area contributed by atoms with Crippen molar-refractivity contribution >= 4 is 0 Å². The van der Waals surface area contributed by atoms with Crippen LogP contribution < -0.4 is 5.73 Å². The largest absolute Gasteiger partial charge is 0.380 e. The van der Waals surface area contributed by atoms with Gasteiger partial charge >= 0.3 is 0 Å². The predicted molar refractivity (Wildman–Crippen MR) is 62.3 cm³/mol. The van der Waals surface area contributed by atoms with Crippen molar-refractivity contribution in [2.24, 2.45) is 11.7 Å². The van der Waals surface area contributed by atoms with Gasteiger partial charge in [0, 0.05) is 7.11 Å². The number of nitrogens with two attached hydrogens (primary N) is 1. The summed E-state index contributed by atoms with van der Waals surface area (Å²) in [4.78, 5) is 0. The highest BCUT2D eigenvalue weighted by atomic mass is 16.5. The van der Waals surface area contributed by atoms with Gasteiger partial charge in [-0.25, -0.2) is 0 Å². The molecule has 0 rings (SSSR count). The van der Waals surface area contributed by atoms with Crippen molar-refractivity contribution < 1.29 is 4.74 Å². The fourth-order valence-corrected chi connectivity index (χ4v) is 1.37. The van der Waals surface area contributed by atoms with Crippen LogP contribution in [0.3, 0.4) is 0 Å². The number of ether oxygens (including phenoxy) is 1. The van der Waals surface area contributed by atoms with E-state index in [1.54, 1.807) is 7.11 Å². The summed E-state index contributed by atoms with van der Waals surface area (Å²) in [6.45, 7) is 6.04. The van der Waals surface area contributed by atoms with Crippen molar-refractivity contribution in [2.75, 3.05) is 20.3 Å². The molecule has 2 nitrogen and oxygen atoms in total. The Kier molecular flexibility index (Phi) is 9.00. The summed E-state index contributed by atoms with van der Waals surface area (Å²) in [7, 11) is 1.75. The zero-order valence-corrected chi connectivity index (χ0v) is 9.88. The maximum Gasteiger partial charge on any atom is 0.0673 e. The maximum atomic E-state index is 5.48. The molecule has 0 radical (unpaired) electrons. The normalized spacial score (nSPS) is 12.5. The van der Waals surface area contributed by atoms with Gasteiger partial charge in [-0.3, -0.25) is 0 Å². The number of methoxy groups -OCH3 is 1. The molecule has 0 fully saturated rings. The summed E-state index contributed by atoms with van der Waals surface area (Å²) in [5, 5.41) is 0. The average Bonchev–Trinajstić information content (AvgIpc) is 2.13. The van der Waals surface area contributed by atoms with E-state index in [1.807, 2.05) is 0 Å². The smallest absolute Gasteiger partial charge is 0.0673 e. The zero-order chi connectivity index (χ0) is 10.8. The molecule has 0 heterocycles. The SMILES string of the molecule is COCC(=CCCC(C)C)CCCN. The van der Waals surface area contributed by atoms with E-state index in [1.165, 1.54) is 18.4 Å². The molecule has 0 aromatic heterocycles. The standard InChI is InChI=1S/C12H25NO/c1-11(2)6-4-7-12(10-14-3)8-5-9-13/h7,11H,4-6,8-10,13H2,1-3H3. The highest BCUT2D eigenvalue weighted by molar-refractivity contribution is 5.02. The Bertz CT molecular complexity index is 152. The molecule has 0 aromatic rings. The molecule has 2 heteroatoms. The lowest BCUT2D eigenvalue weighted by molar-refractivity contribution is 0.222. The number of hydrogen-bond acceptors (Lipinski definition) is 2. The van der Waals surface area contributed by atoms with Crippen molar-refractivity contribution in [1.82, 2.24) is 0 Å². The number of hydrogen-bond donors (Lipinski definition) is 1. The van der Waals surface area contributed by atoms with E-state index in [2.05, 4.69) is 19.9 Å². The summed E-state index contributed by atoms with van der Waals surface area (Å²) in [6, 6.07) is 0. The van der Waals surface area contributed by atoms with Crippen LogP contribution in [-0.4, -0.2) is 20.3 Å². The van der Waals surface area contributed by atoms with Crippen molar-refractivity contribution in [2.45, 2.75) is 39.5 Å². The molecule has 0 saturated carbocycles. The third-order valence-electron chi connectivity index (χ3n) is 2.21. The first-order chi connectivity index (χ1) is 6.70. The van der Waals surface area contributed by atoms with Crippen LogP contribution in [0.4, 0.5) is 0 Å². The first kappa shape index (κ1) is 13.7. The maximum absolute atomic E-state index is 5.48. The molecule has 0 spiro atoms. The lowest BCUT2D eigenvalue weighted by Crippen LogP contribution is -2.02. The summed E-state index contributed by atoms with van der Waals surface area (Å²) in [5.74, 6) is 0.782. The molecule has 0 aliphatic rings. The van der Waals surface area contributed by atoms with E-state index in [0.29, 0.717) is 0 Å². The van der Waals surface area contributed by atoms with Crippen molar-refractivity contribution in [3.8, 4) is 0 Å². The molecule has 2 N–H and O–H groups in total. The van der Waals surface area contributed by atoms with Crippen molar-refractivity contribution in [3.05, 3.63) is 11.6 Å². The lowest BCUT2D eigenvalue weighted by atomic mass is 10.0. The first-order valence-corrected chi connectivity index (χ1v) is 5.57. The van der Waals surface area contributed by atoms with Gasteiger partial charge in [0.15, 0.2) is 0 Å². The number of rotatable bonds is 8. The highest BCUT2D eigenvalue weighted by Crippen LogP contribution is 2.10. The zero-order valence-electron chi connectivity index (χ0n) is 9.88. The van der Waals surface area contributed by atoms with Crippen LogP contribution in [-0.2, 0) is 4.74 Å². The van der Waals surface area contributed by atoms with E-state index < -0.39 is 0 Å². The fraction of sp³-hybridized carbons (Fsp3) is 0.833. The average molecular weight is 199 g/mol. The Morgan fingerprint density at radius 3 is 2.64 bits per heavy atom. The molecule has 0 aliphatic heterocycles. The topological polar surface area (TPSA) is 35.2 Å². The van der Waals surface area contributed by atoms with Crippen LogP contribution >= 0.6 is 0 Å². The molecular weight excluding hydrogens is 174 g/mol. The molecule has 0 unspecified atom stereocenters. The van der Waals surface area contributed by atoms with Gasteiger partial charge in [-0.2, -0.15) is 0 Å². The highest BCUT2D eigenvalue weighted by Gasteiger charge is 1.97. The van der Waals surface area contributed by atoms with Crippen LogP contribution in [0.15, 0.2) is 11.6 Å². The molecule has 0 saturated heterocycles. The molecule has 0 atom stereocenters. The summed E-state index contributed by atoms with van der Waals surface area (Å²) in [5.41, 5.74) is 6.88. The minimum Gasteiger partial charge on any atom is -0.380 e. The Morgan fingerprint density at radius 2 is 2.14 bits per heavy atom. The Hall–Kier alpha value is -0.340. The van der Waals surface area contributed by atoms with E-state index in [4.69, 9.17) is 10.5 Å². The van der Waals surface area contributed by atoms with Crippen LogP contribution in [0.25, 0.3) is 0 Å². The van der Waals surface area contributed by atoms with E-state index in [-0.39, 0.29) is 0 Å². The monoisotopic (exact) mass is 199 g/mol. The van der Waals surface area contributed by atoms with E-state index in [9.17, 15) is 0 Å². The van der Waals surface area contributed by atoms with E-state index in [0.717, 1.165) is 31.9 Å². The second-order valence-corrected chi connectivity index (χ2v) is 4.16. The molecule has 0 aromatic carbocycles. The van der Waals surface area contributed by atoms with Crippen molar-refractivity contribution in [3.63, 3.8) is 0 Å². The molecule has 84 valence electrons. The Labute approximate surface area is 88.5 Å². The second kappa shape index (κ2) is 9.22. The lowest BCUT2D eigenvalue weighted by Gasteiger charge is -2.06.